The summed E-state index contributed by atoms with van der Waals surface area (Å²) in [6.45, 7) is 7.51. The Balaban J connectivity index is 1.67. The summed E-state index contributed by atoms with van der Waals surface area (Å²) in [7, 11) is 0. The molecule has 0 radical (unpaired) electrons. The van der Waals surface area contributed by atoms with E-state index in [1.54, 1.807) is 0 Å². The molecule has 132 valence electrons. The summed E-state index contributed by atoms with van der Waals surface area (Å²) >= 11 is 0. The van der Waals surface area contributed by atoms with E-state index in [1.807, 2.05) is 31.2 Å². The highest BCUT2D eigenvalue weighted by molar-refractivity contribution is 6.05. The fourth-order valence-electron chi connectivity index (χ4n) is 3.52. The van der Waals surface area contributed by atoms with Crippen LogP contribution in [0.15, 0.2) is 42.5 Å². The van der Waals surface area contributed by atoms with Crippen molar-refractivity contribution in [2.45, 2.75) is 46.1 Å². The molecular formula is C22H28N2O. The van der Waals surface area contributed by atoms with Crippen LogP contribution in [0.4, 0.5) is 5.69 Å². The summed E-state index contributed by atoms with van der Waals surface area (Å²) in [5, 5.41) is 3.10. The molecule has 3 rings (SSSR count). The first-order valence-electron chi connectivity index (χ1n) is 9.38. The van der Waals surface area contributed by atoms with Crippen molar-refractivity contribution in [3.8, 4) is 0 Å². The molecule has 2 aromatic carbocycles. The first-order chi connectivity index (χ1) is 12.2. The Hall–Kier alpha value is -2.13. The normalized spacial score (nSPS) is 15.1. The fourth-order valence-corrected chi connectivity index (χ4v) is 3.52. The van der Waals surface area contributed by atoms with Crippen LogP contribution in [-0.2, 0) is 13.0 Å². The topological polar surface area (TPSA) is 32.3 Å². The van der Waals surface area contributed by atoms with Gasteiger partial charge in [-0.15, -0.1) is 0 Å². The molecule has 1 fully saturated rings. The molecule has 3 nitrogen and oxygen atoms in total. The third-order valence-corrected chi connectivity index (χ3v) is 5.05. The quantitative estimate of drug-likeness (QED) is 0.851. The maximum atomic E-state index is 12.6. The van der Waals surface area contributed by atoms with Crippen LogP contribution >= 0.6 is 0 Å². The molecule has 1 amide bonds. The molecule has 1 aliphatic rings. The van der Waals surface area contributed by atoms with E-state index >= 15 is 0 Å². The van der Waals surface area contributed by atoms with Crippen LogP contribution in [0.5, 0.6) is 0 Å². The van der Waals surface area contributed by atoms with E-state index in [2.05, 4.69) is 35.3 Å². The highest BCUT2D eigenvalue weighted by atomic mass is 16.1. The number of likely N-dealkylation sites (tertiary alicyclic amines) is 1. The van der Waals surface area contributed by atoms with Gasteiger partial charge >= 0.3 is 0 Å². The van der Waals surface area contributed by atoms with E-state index in [4.69, 9.17) is 0 Å². The molecule has 3 heteroatoms. The smallest absolute Gasteiger partial charge is 0.255 e. The third kappa shape index (κ3) is 4.49. The van der Waals surface area contributed by atoms with Gasteiger partial charge in [0.25, 0.3) is 5.91 Å². The minimum atomic E-state index is -0.0338. The van der Waals surface area contributed by atoms with Gasteiger partial charge < -0.3 is 5.32 Å². The Morgan fingerprint density at radius 1 is 1.04 bits per heavy atom. The molecule has 0 bridgehead atoms. The molecular weight excluding hydrogens is 308 g/mol. The third-order valence-electron chi connectivity index (χ3n) is 5.05. The van der Waals surface area contributed by atoms with Crippen molar-refractivity contribution in [1.29, 1.82) is 0 Å². The second kappa shape index (κ2) is 8.30. The number of hydrogen-bond acceptors (Lipinski definition) is 2. The number of aryl methyl sites for hydroxylation is 2. The summed E-state index contributed by atoms with van der Waals surface area (Å²) < 4.78 is 0. The molecule has 0 aliphatic carbocycles. The van der Waals surface area contributed by atoms with Gasteiger partial charge in [-0.25, -0.2) is 0 Å². The average Bonchev–Trinajstić information content (AvgIpc) is 2.64. The molecule has 1 aliphatic heterocycles. The van der Waals surface area contributed by atoms with Crippen molar-refractivity contribution in [3.05, 3.63) is 64.7 Å². The molecule has 1 N–H and O–H groups in total. The lowest BCUT2D eigenvalue weighted by atomic mass is 10.0. The van der Waals surface area contributed by atoms with Crippen LogP contribution in [0.2, 0.25) is 0 Å². The van der Waals surface area contributed by atoms with E-state index in [1.165, 1.54) is 43.5 Å². The van der Waals surface area contributed by atoms with Gasteiger partial charge in [-0.05, 0) is 68.1 Å². The molecule has 2 aromatic rings. The Morgan fingerprint density at radius 2 is 1.76 bits per heavy atom. The standard InChI is InChI=1S/C22H28N2O/c1-3-19-9-7-8-17(2)21(19)23-22(25)20-12-10-18(11-13-20)16-24-14-5-4-6-15-24/h7-13H,3-6,14-16H2,1-2H3,(H,23,25). The fraction of sp³-hybridized carbons (Fsp3) is 0.409. The van der Waals surface area contributed by atoms with Crippen LogP contribution in [-0.4, -0.2) is 23.9 Å². The Labute approximate surface area is 151 Å². The maximum absolute atomic E-state index is 12.6. The monoisotopic (exact) mass is 336 g/mol. The molecule has 0 saturated carbocycles. The van der Waals surface area contributed by atoms with Gasteiger partial charge in [0.2, 0.25) is 0 Å². The van der Waals surface area contributed by atoms with Crippen molar-refractivity contribution in [1.82, 2.24) is 4.90 Å². The molecule has 0 spiro atoms. The van der Waals surface area contributed by atoms with Gasteiger partial charge in [-0.1, -0.05) is 43.7 Å². The largest absolute Gasteiger partial charge is 0.321 e. The zero-order chi connectivity index (χ0) is 17.6. The molecule has 0 atom stereocenters. The summed E-state index contributed by atoms with van der Waals surface area (Å²) in [4.78, 5) is 15.1. The zero-order valence-electron chi connectivity index (χ0n) is 15.3. The number of carbonyl (C=O) groups excluding carboxylic acids is 1. The van der Waals surface area contributed by atoms with Gasteiger partial charge in [0.15, 0.2) is 0 Å². The van der Waals surface area contributed by atoms with Crippen molar-refractivity contribution in [2.75, 3.05) is 18.4 Å². The minimum Gasteiger partial charge on any atom is -0.321 e. The van der Waals surface area contributed by atoms with Crippen LogP contribution in [0, 0.1) is 6.92 Å². The molecule has 1 heterocycles. The predicted molar refractivity (Wildman–Crippen MR) is 104 cm³/mol. The highest BCUT2D eigenvalue weighted by Crippen LogP contribution is 2.22. The van der Waals surface area contributed by atoms with Gasteiger partial charge in [0, 0.05) is 17.8 Å². The molecule has 0 unspecified atom stereocenters. The first kappa shape index (κ1) is 17.7. The average molecular weight is 336 g/mol. The van der Waals surface area contributed by atoms with E-state index in [-0.39, 0.29) is 5.91 Å². The van der Waals surface area contributed by atoms with Crippen LogP contribution in [0.1, 0.15) is 53.2 Å². The number of piperidine rings is 1. The molecule has 1 saturated heterocycles. The number of benzene rings is 2. The summed E-state index contributed by atoms with van der Waals surface area (Å²) in [5.41, 5.74) is 5.23. The predicted octanol–water partition coefficient (Wildman–Crippen LogP) is 4.80. The molecule has 0 aromatic heterocycles. The van der Waals surface area contributed by atoms with Crippen LogP contribution in [0.25, 0.3) is 0 Å². The van der Waals surface area contributed by atoms with Gasteiger partial charge in [0.05, 0.1) is 0 Å². The van der Waals surface area contributed by atoms with Gasteiger partial charge in [-0.2, -0.15) is 0 Å². The second-order valence-electron chi connectivity index (χ2n) is 6.95. The van der Waals surface area contributed by atoms with Crippen molar-refractivity contribution in [2.24, 2.45) is 0 Å². The summed E-state index contributed by atoms with van der Waals surface area (Å²) in [6, 6.07) is 14.2. The molecule has 25 heavy (non-hydrogen) atoms. The lowest BCUT2D eigenvalue weighted by molar-refractivity contribution is 0.102. The lowest BCUT2D eigenvalue weighted by Crippen LogP contribution is -2.29. The first-order valence-corrected chi connectivity index (χ1v) is 9.38. The summed E-state index contributed by atoms with van der Waals surface area (Å²) in [5.74, 6) is -0.0338. The van der Waals surface area contributed by atoms with Gasteiger partial charge in [-0.3, -0.25) is 9.69 Å². The van der Waals surface area contributed by atoms with Crippen molar-refractivity contribution < 1.29 is 4.79 Å². The van der Waals surface area contributed by atoms with Crippen LogP contribution < -0.4 is 5.32 Å². The highest BCUT2D eigenvalue weighted by Gasteiger charge is 2.13. The van der Waals surface area contributed by atoms with Crippen molar-refractivity contribution >= 4 is 11.6 Å². The number of carbonyl (C=O) groups is 1. The van der Waals surface area contributed by atoms with E-state index in [0.29, 0.717) is 5.56 Å². The lowest BCUT2D eigenvalue weighted by Gasteiger charge is -2.26. The summed E-state index contributed by atoms with van der Waals surface area (Å²) in [6.07, 6.45) is 4.87. The number of nitrogens with one attached hydrogen (secondary N) is 1. The Bertz CT molecular complexity index is 715. The number of nitrogens with zero attached hydrogens (tertiary/aromatic N) is 1. The SMILES string of the molecule is CCc1cccc(C)c1NC(=O)c1ccc(CN2CCCCC2)cc1. The maximum Gasteiger partial charge on any atom is 0.255 e. The number of para-hydroxylation sites is 1. The van der Waals surface area contributed by atoms with Crippen molar-refractivity contribution in [3.63, 3.8) is 0 Å². The van der Waals surface area contributed by atoms with Gasteiger partial charge in [0.1, 0.15) is 0 Å². The Morgan fingerprint density at radius 3 is 2.44 bits per heavy atom. The van der Waals surface area contributed by atoms with Crippen LogP contribution in [0.3, 0.4) is 0 Å². The number of amides is 1. The minimum absolute atomic E-state index is 0.0338. The van der Waals surface area contributed by atoms with E-state index in [9.17, 15) is 4.79 Å². The number of anilines is 1. The number of rotatable bonds is 5. The number of hydrogen-bond donors (Lipinski definition) is 1. The van der Waals surface area contributed by atoms with E-state index in [0.717, 1.165) is 24.2 Å². The zero-order valence-corrected chi connectivity index (χ0v) is 15.3. The van der Waals surface area contributed by atoms with E-state index < -0.39 is 0 Å². The second-order valence-corrected chi connectivity index (χ2v) is 6.95. The Kier molecular flexibility index (Phi) is 5.87.